The van der Waals surface area contributed by atoms with Crippen molar-refractivity contribution < 1.29 is 5.11 Å². The van der Waals surface area contributed by atoms with Crippen LogP contribution in [0.25, 0.3) is 0 Å². The highest BCUT2D eigenvalue weighted by molar-refractivity contribution is 14.1. The highest BCUT2D eigenvalue weighted by atomic mass is 127. The van der Waals surface area contributed by atoms with E-state index in [0.717, 1.165) is 32.5 Å². The summed E-state index contributed by atoms with van der Waals surface area (Å²) in [4.78, 5) is 5.35. The second-order valence-corrected chi connectivity index (χ2v) is 11.1. The Balaban J connectivity index is 0.00000153. The van der Waals surface area contributed by atoms with Crippen molar-refractivity contribution in [3.63, 3.8) is 0 Å². The average molecular weight is 603 g/mol. The monoisotopic (exact) mass is 602 g/mol. The molecule has 33 heavy (non-hydrogen) atoms. The van der Waals surface area contributed by atoms with Gasteiger partial charge in [-0.2, -0.15) is 0 Å². The van der Waals surface area contributed by atoms with Gasteiger partial charge >= 0.3 is 0 Å². The van der Waals surface area contributed by atoms with Crippen LogP contribution in [0.1, 0.15) is 55.6 Å². The molecule has 3 nitrogen and oxygen atoms in total. The van der Waals surface area contributed by atoms with E-state index in [-0.39, 0.29) is 30.9 Å². The van der Waals surface area contributed by atoms with Crippen molar-refractivity contribution in [2.45, 2.75) is 69.2 Å². The molecule has 0 bridgehead atoms. The Hall–Kier alpha value is -0.370. The Bertz CT molecular complexity index is 862. The van der Waals surface area contributed by atoms with Gasteiger partial charge < -0.3 is 5.11 Å². The Morgan fingerprint density at radius 1 is 0.848 bits per heavy atom. The van der Waals surface area contributed by atoms with E-state index in [2.05, 4.69) is 87.0 Å². The van der Waals surface area contributed by atoms with Gasteiger partial charge in [-0.15, -0.1) is 24.8 Å². The number of aliphatic hydroxyl groups excluding tert-OH is 1. The maximum atomic E-state index is 11.1. The predicted molar refractivity (Wildman–Crippen MR) is 150 cm³/mol. The number of hydrogen-bond donors (Lipinski definition) is 1. The number of benzene rings is 2. The number of rotatable bonds is 4. The number of hydrogen-bond acceptors (Lipinski definition) is 3. The zero-order valence-electron chi connectivity index (χ0n) is 19.2. The Labute approximate surface area is 225 Å². The van der Waals surface area contributed by atoms with Crippen LogP contribution < -0.4 is 0 Å². The van der Waals surface area contributed by atoms with Crippen molar-refractivity contribution in [1.82, 2.24) is 9.80 Å². The quantitative estimate of drug-likeness (QED) is 0.427. The maximum absolute atomic E-state index is 11.1. The lowest BCUT2D eigenvalue weighted by Crippen LogP contribution is -2.58. The van der Waals surface area contributed by atoms with E-state index < -0.39 is 0 Å². The van der Waals surface area contributed by atoms with Gasteiger partial charge in [0.1, 0.15) is 0 Å². The third-order valence-corrected chi connectivity index (χ3v) is 8.72. The molecule has 182 valence electrons. The van der Waals surface area contributed by atoms with Crippen LogP contribution in [0.4, 0.5) is 0 Å². The Morgan fingerprint density at radius 3 is 2.33 bits per heavy atom. The van der Waals surface area contributed by atoms with Crippen molar-refractivity contribution in [3.05, 3.63) is 69.3 Å². The van der Waals surface area contributed by atoms with Gasteiger partial charge in [0.05, 0.1) is 6.10 Å². The summed E-state index contributed by atoms with van der Waals surface area (Å²) in [6.07, 6.45) is 6.94. The smallest absolute Gasteiger partial charge is 0.0699 e. The topological polar surface area (TPSA) is 26.7 Å². The number of nitrogens with zero attached hydrogens (tertiary/aromatic N) is 2. The second kappa shape index (κ2) is 12.5. The van der Waals surface area contributed by atoms with Gasteiger partial charge in [0.15, 0.2) is 0 Å². The van der Waals surface area contributed by atoms with Crippen LogP contribution in [0.2, 0.25) is 0 Å². The lowest BCUT2D eigenvalue weighted by Gasteiger charge is -2.51. The SMILES string of the molecule is Cl.Cl.OC1CC2CCCN(Cc3cccc(I)c3)C2CC1N1CCC(c2ccccc2)CC1. The molecule has 2 heterocycles. The number of aliphatic hydroxyl groups is 1. The fraction of sp³-hybridized carbons (Fsp3) is 0.556. The first-order valence-electron chi connectivity index (χ1n) is 12.1. The number of fused-ring (bicyclic) bond motifs is 1. The van der Waals surface area contributed by atoms with Crippen molar-refractivity contribution in [3.8, 4) is 0 Å². The van der Waals surface area contributed by atoms with Gasteiger partial charge in [-0.25, -0.2) is 0 Å². The van der Waals surface area contributed by atoms with E-state index in [1.807, 2.05) is 0 Å². The number of likely N-dealkylation sites (tertiary alicyclic amines) is 2. The molecule has 0 amide bonds. The molecular weight excluding hydrogens is 566 g/mol. The highest BCUT2D eigenvalue weighted by Crippen LogP contribution is 2.39. The largest absolute Gasteiger partial charge is 0.391 e. The van der Waals surface area contributed by atoms with E-state index in [1.165, 1.54) is 46.9 Å². The zero-order valence-corrected chi connectivity index (χ0v) is 23.0. The molecule has 2 aliphatic heterocycles. The molecule has 2 aromatic rings. The molecule has 0 radical (unpaired) electrons. The molecule has 4 atom stereocenters. The fourth-order valence-electron chi connectivity index (χ4n) is 6.45. The standard InChI is InChI=1S/C27H35IN2O.2ClH/c28-24-10-4-6-20(16-24)19-30-13-5-9-23-17-27(31)26(18-25(23)30)29-14-11-22(12-15-29)21-7-2-1-3-8-21;;/h1-4,6-8,10,16,22-23,25-27,31H,5,9,11-15,17-19H2;2*1H. The molecule has 0 spiro atoms. The summed E-state index contributed by atoms with van der Waals surface area (Å²) in [5, 5.41) is 11.1. The molecular formula is C27H37Cl2IN2O. The van der Waals surface area contributed by atoms with Crippen LogP contribution in [0, 0.1) is 9.49 Å². The summed E-state index contributed by atoms with van der Waals surface area (Å²) in [6.45, 7) is 4.49. The van der Waals surface area contributed by atoms with Gasteiger partial charge in [-0.3, -0.25) is 9.80 Å². The van der Waals surface area contributed by atoms with Crippen LogP contribution in [-0.2, 0) is 6.54 Å². The molecule has 3 fully saturated rings. The minimum atomic E-state index is -0.160. The van der Waals surface area contributed by atoms with E-state index in [9.17, 15) is 5.11 Å². The summed E-state index contributed by atoms with van der Waals surface area (Å²) in [5.41, 5.74) is 2.92. The van der Waals surface area contributed by atoms with Gasteiger partial charge in [0.2, 0.25) is 0 Å². The molecule has 2 saturated heterocycles. The van der Waals surface area contributed by atoms with Crippen molar-refractivity contribution in [2.24, 2.45) is 5.92 Å². The van der Waals surface area contributed by atoms with Crippen LogP contribution >= 0.6 is 47.4 Å². The minimum absolute atomic E-state index is 0. The third kappa shape index (κ3) is 6.45. The summed E-state index contributed by atoms with van der Waals surface area (Å²) < 4.78 is 1.32. The third-order valence-electron chi connectivity index (χ3n) is 8.05. The molecule has 2 aromatic carbocycles. The number of piperidine rings is 2. The molecule has 6 heteroatoms. The zero-order chi connectivity index (χ0) is 21.2. The van der Waals surface area contributed by atoms with Gasteiger partial charge in [0.25, 0.3) is 0 Å². The molecule has 3 aliphatic rings. The lowest BCUT2D eigenvalue weighted by molar-refractivity contribution is -0.0602. The fourth-order valence-corrected chi connectivity index (χ4v) is 7.06. The molecule has 1 saturated carbocycles. The molecule has 1 N–H and O–H groups in total. The normalized spacial score (nSPS) is 28.9. The summed E-state index contributed by atoms with van der Waals surface area (Å²) in [5.74, 6) is 1.34. The first-order chi connectivity index (χ1) is 15.2. The molecule has 5 rings (SSSR count). The Morgan fingerprint density at radius 2 is 1.61 bits per heavy atom. The summed E-state index contributed by atoms with van der Waals surface area (Å²) in [7, 11) is 0. The number of halogens is 3. The minimum Gasteiger partial charge on any atom is -0.391 e. The van der Waals surface area contributed by atoms with Gasteiger partial charge in [-0.05, 0) is 116 Å². The van der Waals surface area contributed by atoms with Crippen molar-refractivity contribution in [2.75, 3.05) is 19.6 Å². The molecule has 4 unspecified atom stereocenters. The van der Waals surface area contributed by atoms with Crippen molar-refractivity contribution in [1.29, 1.82) is 0 Å². The van der Waals surface area contributed by atoms with Crippen LogP contribution in [0.15, 0.2) is 54.6 Å². The highest BCUT2D eigenvalue weighted by Gasteiger charge is 2.43. The van der Waals surface area contributed by atoms with Crippen LogP contribution in [0.3, 0.4) is 0 Å². The van der Waals surface area contributed by atoms with Gasteiger partial charge in [-0.1, -0.05) is 42.5 Å². The first kappa shape index (κ1) is 27.2. The molecule has 1 aliphatic carbocycles. The first-order valence-corrected chi connectivity index (χ1v) is 13.2. The average Bonchev–Trinajstić information content (AvgIpc) is 2.80. The summed E-state index contributed by atoms with van der Waals surface area (Å²) >= 11 is 2.42. The van der Waals surface area contributed by atoms with E-state index in [4.69, 9.17) is 0 Å². The van der Waals surface area contributed by atoms with E-state index in [0.29, 0.717) is 23.9 Å². The maximum Gasteiger partial charge on any atom is 0.0699 e. The second-order valence-electron chi connectivity index (χ2n) is 9.90. The van der Waals surface area contributed by atoms with Gasteiger partial charge in [0, 0.05) is 22.2 Å². The Kier molecular flexibility index (Phi) is 10.4. The van der Waals surface area contributed by atoms with E-state index in [1.54, 1.807) is 0 Å². The van der Waals surface area contributed by atoms with Crippen molar-refractivity contribution >= 4 is 47.4 Å². The van der Waals surface area contributed by atoms with Crippen LogP contribution in [0.5, 0.6) is 0 Å². The predicted octanol–water partition coefficient (Wildman–Crippen LogP) is 6.12. The van der Waals surface area contributed by atoms with Crippen LogP contribution in [-0.4, -0.2) is 52.7 Å². The summed E-state index contributed by atoms with van der Waals surface area (Å²) in [6, 6.07) is 20.9. The van der Waals surface area contributed by atoms with E-state index >= 15 is 0 Å². The lowest BCUT2D eigenvalue weighted by atomic mass is 9.73. The molecule has 0 aromatic heterocycles.